The molecule has 1 aliphatic carbocycles. The van der Waals surface area contributed by atoms with Crippen LogP contribution < -0.4 is 5.32 Å². The van der Waals surface area contributed by atoms with Gasteiger partial charge in [-0.25, -0.2) is 0 Å². The minimum Gasteiger partial charge on any atom is -0.361 e. The Morgan fingerprint density at radius 1 is 1.32 bits per heavy atom. The Kier molecular flexibility index (Phi) is 5.74. The van der Waals surface area contributed by atoms with Gasteiger partial charge in [0.25, 0.3) is 0 Å². The molecule has 2 unspecified atom stereocenters. The van der Waals surface area contributed by atoms with E-state index >= 15 is 0 Å². The molecule has 0 aromatic carbocycles. The zero-order valence-corrected chi connectivity index (χ0v) is 14.4. The lowest BCUT2D eigenvalue weighted by Crippen LogP contribution is -2.47. The first kappa shape index (κ1) is 19.3. The molecular formula is C16H22F3N3O3. The molecule has 1 N–H and O–H groups in total. The van der Waals surface area contributed by atoms with Crippen LogP contribution >= 0.6 is 0 Å². The number of nitrogens with one attached hydrogen (secondary N) is 1. The van der Waals surface area contributed by atoms with E-state index in [1.54, 1.807) is 13.8 Å². The fourth-order valence-electron chi connectivity index (χ4n) is 3.08. The van der Waals surface area contributed by atoms with Crippen molar-refractivity contribution in [1.82, 2.24) is 15.4 Å². The van der Waals surface area contributed by atoms with Crippen molar-refractivity contribution in [2.24, 2.45) is 5.92 Å². The van der Waals surface area contributed by atoms with E-state index in [9.17, 15) is 22.8 Å². The first-order valence-electron chi connectivity index (χ1n) is 8.14. The predicted octanol–water partition coefficient (Wildman–Crippen LogP) is 2.49. The molecule has 1 aliphatic rings. The molecule has 0 bridgehead atoms. The number of halogens is 3. The second-order valence-electron chi connectivity index (χ2n) is 6.54. The van der Waals surface area contributed by atoms with E-state index in [0.29, 0.717) is 29.9 Å². The van der Waals surface area contributed by atoms with Crippen LogP contribution in [0.1, 0.15) is 42.7 Å². The molecule has 1 fully saturated rings. The van der Waals surface area contributed by atoms with Gasteiger partial charge in [-0.3, -0.25) is 9.59 Å². The molecule has 2 rings (SSSR count). The second-order valence-corrected chi connectivity index (χ2v) is 6.54. The first-order valence-corrected chi connectivity index (χ1v) is 8.14. The van der Waals surface area contributed by atoms with Gasteiger partial charge in [0, 0.05) is 18.7 Å². The van der Waals surface area contributed by atoms with Crippen LogP contribution in [0.3, 0.4) is 0 Å². The van der Waals surface area contributed by atoms with Crippen molar-refractivity contribution in [3.63, 3.8) is 0 Å². The number of nitrogens with zero attached hydrogens (tertiary/aromatic N) is 2. The van der Waals surface area contributed by atoms with Gasteiger partial charge in [-0.2, -0.15) is 13.2 Å². The molecule has 6 nitrogen and oxygen atoms in total. The van der Waals surface area contributed by atoms with Crippen molar-refractivity contribution in [2.45, 2.75) is 58.3 Å². The van der Waals surface area contributed by atoms with Crippen LogP contribution in [0, 0.1) is 19.8 Å². The third kappa shape index (κ3) is 4.73. The number of aryl methyl sites for hydroxylation is 2. The highest BCUT2D eigenvalue weighted by molar-refractivity contribution is 6.34. The Balaban J connectivity index is 1.92. The molecule has 0 spiro atoms. The Morgan fingerprint density at radius 2 is 2.00 bits per heavy atom. The van der Waals surface area contributed by atoms with Crippen LogP contribution in [0.25, 0.3) is 0 Å². The Bertz CT molecular complexity index is 623. The summed E-state index contributed by atoms with van der Waals surface area (Å²) in [7, 11) is 1.45. The van der Waals surface area contributed by atoms with E-state index in [4.69, 9.17) is 4.52 Å². The summed E-state index contributed by atoms with van der Waals surface area (Å²) < 4.78 is 43.5. The quantitative estimate of drug-likeness (QED) is 0.840. The van der Waals surface area contributed by atoms with Gasteiger partial charge >= 0.3 is 18.0 Å². The molecule has 0 saturated heterocycles. The Labute approximate surface area is 143 Å². The maximum Gasteiger partial charge on any atom is 0.391 e. The Hall–Kier alpha value is -2.06. The summed E-state index contributed by atoms with van der Waals surface area (Å²) in [5.41, 5.74) is 1.33. The van der Waals surface area contributed by atoms with E-state index in [2.05, 4.69) is 10.5 Å². The minimum absolute atomic E-state index is 0.0652. The SMILES string of the molecule is Cc1noc(C)c1CN(C)C(=O)C(=O)NC1CCCC(C(F)(F)F)C1. The third-order valence-corrected chi connectivity index (χ3v) is 4.59. The maximum absolute atomic E-state index is 12.8. The number of carbonyl (C=O) groups is 2. The molecule has 25 heavy (non-hydrogen) atoms. The van der Waals surface area contributed by atoms with Crippen molar-refractivity contribution in [3.05, 3.63) is 17.0 Å². The summed E-state index contributed by atoms with van der Waals surface area (Å²) in [4.78, 5) is 25.5. The van der Waals surface area contributed by atoms with E-state index in [1.165, 1.54) is 11.9 Å². The van der Waals surface area contributed by atoms with Gasteiger partial charge in [-0.05, 0) is 33.1 Å². The average Bonchev–Trinajstić information content (AvgIpc) is 2.85. The smallest absolute Gasteiger partial charge is 0.361 e. The van der Waals surface area contributed by atoms with E-state index in [1.807, 2.05) is 0 Å². The van der Waals surface area contributed by atoms with Crippen LogP contribution in [0.2, 0.25) is 0 Å². The minimum atomic E-state index is -4.27. The standard InChI is InChI=1S/C16H22F3N3O3/c1-9-13(10(2)25-21-9)8-22(3)15(24)14(23)20-12-6-4-5-11(7-12)16(17,18)19/h11-12H,4-8H2,1-3H3,(H,20,23). The lowest BCUT2D eigenvalue weighted by Gasteiger charge is -2.31. The molecular weight excluding hydrogens is 339 g/mol. The molecule has 140 valence electrons. The fraction of sp³-hybridized carbons (Fsp3) is 0.688. The second kappa shape index (κ2) is 7.45. The molecule has 1 saturated carbocycles. The molecule has 1 heterocycles. The number of aromatic nitrogens is 1. The monoisotopic (exact) mass is 361 g/mol. The summed E-state index contributed by atoms with van der Waals surface area (Å²) in [6.07, 6.45) is -3.57. The zero-order valence-electron chi connectivity index (χ0n) is 14.4. The highest BCUT2D eigenvalue weighted by Crippen LogP contribution is 2.37. The maximum atomic E-state index is 12.8. The average molecular weight is 361 g/mol. The van der Waals surface area contributed by atoms with Crippen LogP contribution in [0.15, 0.2) is 4.52 Å². The normalized spacial score (nSPS) is 21.0. The van der Waals surface area contributed by atoms with Gasteiger partial charge < -0.3 is 14.7 Å². The van der Waals surface area contributed by atoms with Crippen LogP contribution in [-0.4, -0.2) is 41.1 Å². The number of carbonyl (C=O) groups excluding carboxylic acids is 2. The highest BCUT2D eigenvalue weighted by atomic mass is 19.4. The van der Waals surface area contributed by atoms with E-state index in [-0.39, 0.29) is 19.4 Å². The molecule has 0 radical (unpaired) electrons. The van der Waals surface area contributed by atoms with Gasteiger partial charge in [0.1, 0.15) is 5.76 Å². The number of likely N-dealkylation sites (N-methyl/N-ethyl adjacent to an activating group) is 1. The Morgan fingerprint density at radius 3 is 2.56 bits per heavy atom. The number of alkyl halides is 3. The van der Waals surface area contributed by atoms with Crippen molar-refractivity contribution in [2.75, 3.05) is 7.05 Å². The predicted molar refractivity (Wildman–Crippen MR) is 82.4 cm³/mol. The van der Waals surface area contributed by atoms with Gasteiger partial charge in [-0.15, -0.1) is 0 Å². The summed E-state index contributed by atoms with van der Waals surface area (Å²) in [6.45, 7) is 3.57. The van der Waals surface area contributed by atoms with E-state index in [0.717, 1.165) is 0 Å². The number of hydrogen-bond acceptors (Lipinski definition) is 4. The largest absolute Gasteiger partial charge is 0.391 e. The third-order valence-electron chi connectivity index (χ3n) is 4.59. The summed E-state index contributed by atoms with van der Waals surface area (Å²) in [5, 5.41) is 6.22. The van der Waals surface area contributed by atoms with Crippen molar-refractivity contribution in [3.8, 4) is 0 Å². The molecule has 1 aromatic heterocycles. The zero-order chi connectivity index (χ0) is 18.8. The van der Waals surface area contributed by atoms with Crippen LogP contribution in [0.4, 0.5) is 13.2 Å². The molecule has 9 heteroatoms. The highest BCUT2D eigenvalue weighted by Gasteiger charge is 2.42. The van der Waals surface area contributed by atoms with Crippen molar-refractivity contribution >= 4 is 11.8 Å². The summed E-state index contributed by atoms with van der Waals surface area (Å²) >= 11 is 0. The first-order chi connectivity index (χ1) is 11.6. The molecule has 2 atom stereocenters. The fourth-order valence-corrected chi connectivity index (χ4v) is 3.08. The topological polar surface area (TPSA) is 75.4 Å². The lowest BCUT2D eigenvalue weighted by atomic mass is 9.85. The number of rotatable bonds is 3. The number of hydrogen-bond donors (Lipinski definition) is 1. The van der Waals surface area contributed by atoms with Gasteiger partial charge in [0.2, 0.25) is 0 Å². The van der Waals surface area contributed by atoms with Crippen molar-refractivity contribution in [1.29, 1.82) is 0 Å². The van der Waals surface area contributed by atoms with Gasteiger partial charge in [0.05, 0.1) is 18.2 Å². The van der Waals surface area contributed by atoms with Crippen LogP contribution in [0.5, 0.6) is 0 Å². The number of amides is 2. The molecule has 1 aromatic rings. The van der Waals surface area contributed by atoms with Crippen molar-refractivity contribution < 1.29 is 27.3 Å². The molecule has 0 aliphatic heterocycles. The summed E-state index contributed by atoms with van der Waals surface area (Å²) in [5.74, 6) is -2.56. The van der Waals surface area contributed by atoms with Gasteiger partial charge in [-0.1, -0.05) is 11.6 Å². The molecule has 2 amide bonds. The van der Waals surface area contributed by atoms with E-state index < -0.39 is 30.0 Å². The summed E-state index contributed by atoms with van der Waals surface area (Å²) in [6, 6.07) is -0.635. The van der Waals surface area contributed by atoms with Gasteiger partial charge in [0.15, 0.2) is 0 Å². The van der Waals surface area contributed by atoms with Crippen LogP contribution in [-0.2, 0) is 16.1 Å². The lowest BCUT2D eigenvalue weighted by molar-refractivity contribution is -0.184.